The molecule has 2 atom stereocenters. The largest absolute Gasteiger partial charge is 0.493 e. The Morgan fingerprint density at radius 3 is 2.20 bits per heavy atom. The van der Waals surface area contributed by atoms with Crippen LogP contribution in [0.5, 0.6) is 11.5 Å². The molecule has 6 N–H and O–H groups in total. The van der Waals surface area contributed by atoms with Gasteiger partial charge in [0.1, 0.15) is 6.04 Å². The SMILES string of the molecule is COC(=O)Nc1ccc(S(C)(=O)=O)c([C@@H](CC(=O)O)NC(=O)[C@H](Nc2cccc(C(N)=O)c2)c2ccc(OC)c(OC)c2)c1. The van der Waals surface area contributed by atoms with E-state index >= 15 is 0 Å². The predicted octanol–water partition coefficient (Wildman–Crippen LogP) is 2.87. The number of primary amides is 1. The highest BCUT2D eigenvalue weighted by molar-refractivity contribution is 7.90. The third-order valence-electron chi connectivity index (χ3n) is 6.37. The lowest BCUT2D eigenvalue weighted by atomic mass is 10.00. The van der Waals surface area contributed by atoms with E-state index in [1.807, 2.05) is 0 Å². The monoisotopic (exact) mass is 628 g/mol. The first-order valence-electron chi connectivity index (χ1n) is 12.9. The molecule has 0 aromatic heterocycles. The maximum atomic E-state index is 14.0. The van der Waals surface area contributed by atoms with Crippen molar-refractivity contribution in [2.45, 2.75) is 23.4 Å². The van der Waals surface area contributed by atoms with Crippen molar-refractivity contribution in [1.82, 2.24) is 5.32 Å². The zero-order chi connectivity index (χ0) is 32.6. The predicted molar refractivity (Wildman–Crippen MR) is 160 cm³/mol. The van der Waals surface area contributed by atoms with Gasteiger partial charge in [-0.15, -0.1) is 0 Å². The van der Waals surface area contributed by atoms with Crippen molar-refractivity contribution in [3.63, 3.8) is 0 Å². The molecular formula is C29H32N4O10S. The van der Waals surface area contributed by atoms with Crippen molar-refractivity contribution in [1.29, 1.82) is 0 Å². The van der Waals surface area contributed by atoms with Crippen LogP contribution in [0.4, 0.5) is 16.2 Å². The van der Waals surface area contributed by atoms with E-state index in [9.17, 15) is 32.7 Å². The number of hydrogen-bond donors (Lipinski definition) is 5. The molecule has 3 rings (SSSR count). The van der Waals surface area contributed by atoms with Crippen LogP contribution < -0.4 is 31.2 Å². The van der Waals surface area contributed by atoms with E-state index in [1.54, 1.807) is 24.3 Å². The third-order valence-corrected chi connectivity index (χ3v) is 7.54. The van der Waals surface area contributed by atoms with Crippen LogP contribution in [0.25, 0.3) is 0 Å². The highest BCUT2D eigenvalue weighted by Gasteiger charge is 2.30. The number of carbonyl (C=O) groups excluding carboxylic acids is 3. The molecule has 0 aliphatic heterocycles. The molecular weight excluding hydrogens is 596 g/mol. The number of benzene rings is 3. The summed E-state index contributed by atoms with van der Waals surface area (Å²) in [6.07, 6.45) is -0.637. The number of amides is 3. The number of carbonyl (C=O) groups is 4. The smallest absolute Gasteiger partial charge is 0.411 e. The summed E-state index contributed by atoms with van der Waals surface area (Å²) in [6, 6.07) is 11.9. The molecule has 0 radical (unpaired) electrons. The van der Waals surface area contributed by atoms with Crippen molar-refractivity contribution in [3.8, 4) is 11.5 Å². The number of carboxylic acid groups (broad SMARTS) is 1. The number of aliphatic carboxylic acids is 1. The molecule has 0 saturated carbocycles. The second-order valence-electron chi connectivity index (χ2n) is 9.44. The molecule has 0 spiro atoms. The molecule has 0 bridgehead atoms. The highest BCUT2D eigenvalue weighted by Crippen LogP contribution is 2.33. The Morgan fingerprint density at radius 2 is 1.61 bits per heavy atom. The lowest BCUT2D eigenvalue weighted by molar-refractivity contribution is -0.137. The number of carboxylic acids is 1. The van der Waals surface area contributed by atoms with Gasteiger partial charge in [-0.2, -0.15) is 0 Å². The van der Waals surface area contributed by atoms with Gasteiger partial charge in [-0.05, 0) is 59.7 Å². The lowest BCUT2D eigenvalue weighted by Gasteiger charge is -2.26. The van der Waals surface area contributed by atoms with E-state index in [2.05, 4.69) is 20.7 Å². The van der Waals surface area contributed by atoms with E-state index in [0.717, 1.165) is 13.4 Å². The summed E-state index contributed by atoms with van der Waals surface area (Å²) in [5.41, 5.74) is 6.27. The maximum absolute atomic E-state index is 14.0. The molecule has 3 amide bonds. The maximum Gasteiger partial charge on any atom is 0.411 e. The minimum Gasteiger partial charge on any atom is -0.493 e. The molecule has 0 unspecified atom stereocenters. The second kappa shape index (κ2) is 14.2. The van der Waals surface area contributed by atoms with Gasteiger partial charge in [0.05, 0.1) is 38.7 Å². The molecule has 0 heterocycles. The Hall–Kier alpha value is -5.31. The minimum atomic E-state index is -3.93. The van der Waals surface area contributed by atoms with Crippen LogP contribution >= 0.6 is 0 Å². The van der Waals surface area contributed by atoms with E-state index in [1.165, 1.54) is 50.6 Å². The summed E-state index contributed by atoms with van der Waals surface area (Å²) < 4.78 is 40.6. The zero-order valence-electron chi connectivity index (χ0n) is 24.2. The number of ether oxygens (including phenoxy) is 3. The molecule has 0 saturated heterocycles. The van der Waals surface area contributed by atoms with E-state index in [4.69, 9.17) is 15.2 Å². The Morgan fingerprint density at radius 1 is 0.909 bits per heavy atom. The number of rotatable bonds is 13. The quantitative estimate of drug-likeness (QED) is 0.186. The number of nitrogens with two attached hydrogens (primary N) is 1. The number of hydrogen-bond acceptors (Lipinski definition) is 10. The van der Waals surface area contributed by atoms with Crippen LogP contribution in [-0.4, -0.2) is 65.0 Å². The number of methoxy groups -OCH3 is 3. The van der Waals surface area contributed by atoms with E-state index < -0.39 is 52.2 Å². The standard InChI is InChI=1S/C29H32N4O10S/c1-41-22-10-8-16(13-23(22)42-2)26(31-18-7-5-6-17(12-18)27(30)36)28(37)33-21(15-25(34)35)20-14-19(32-29(38)43-3)9-11-24(20)44(4,39)40/h5-14,21,26,31H,15H2,1-4H3,(H2,30,36)(H,32,38)(H,33,37)(H,34,35)/t21-,26-/m1/s1. The molecule has 234 valence electrons. The van der Waals surface area contributed by atoms with Crippen molar-refractivity contribution in [2.75, 3.05) is 38.2 Å². The first-order chi connectivity index (χ1) is 20.8. The van der Waals surface area contributed by atoms with Gasteiger partial charge in [0.2, 0.25) is 11.8 Å². The van der Waals surface area contributed by atoms with Crippen LogP contribution in [0.1, 0.15) is 40.0 Å². The zero-order valence-corrected chi connectivity index (χ0v) is 25.1. The van der Waals surface area contributed by atoms with Gasteiger partial charge in [0.15, 0.2) is 21.3 Å². The summed E-state index contributed by atoms with van der Waals surface area (Å²) in [5.74, 6) is -2.14. The number of nitrogens with one attached hydrogen (secondary N) is 3. The van der Waals surface area contributed by atoms with Gasteiger partial charge in [-0.25, -0.2) is 13.2 Å². The van der Waals surface area contributed by atoms with Crippen molar-refractivity contribution < 1.29 is 46.9 Å². The third kappa shape index (κ3) is 8.38. The molecule has 14 nitrogen and oxygen atoms in total. The van der Waals surface area contributed by atoms with Gasteiger partial charge in [0.25, 0.3) is 0 Å². The minimum absolute atomic E-state index is 0.0843. The van der Waals surface area contributed by atoms with Crippen molar-refractivity contribution >= 4 is 45.1 Å². The van der Waals surface area contributed by atoms with Gasteiger partial charge >= 0.3 is 12.1 Å². The summed E-state index contributed by atoms with van der Waals surface area (Å²) >= 11 is 0. The number of anilines is 2. The normalized spacial score (nSPS) is 12.3. The molecule has 15 heteroatoms. The first-order valence-corrected chi connectivity index (χ1v) is 14.8. The van der Waals surface area contributed by atoms with E-state index in [-0.39, 0.29) is 21.7 Å². The fourth-order valence-electron chi connectivity index (χ4n) is 4.34. The summed E-state index contributed by atoms with van der Waals surface area (Å²) in [6.45, 7) is 0. The Kier molecular flexibility index (Phi) is 10.7. The van der Waals surface area contributed by atoms with Crippen LogP contribution in [0.15, 0.2) is 65.6 Å². The second-order valence-corrected chi connectivity index (χ2v) is 11.4. The summed E-state index contributed by atoms with van der Waals surface area (Å²) in [4.78, 5) is 49.3. The fraction of sp³-hybridized carbons (Fsp3) is 0.241. The van der Waals surface area contributed by atoms with Crippen LogP contribution in [-0.2, 0) is 24.2 Å². The van der Waals surface area contributed by atoms with Crippen LogP contribution in [0.2, 0.25) is 0 Å². The molecule has 0 fully saturated rings. The van der Waals surface area contributed by atoms with Crippen LogP contribution in [0.3, 0.4) is 0 Å². The van der Waals surface area contributed by atoms with Gasteiger partial charge in [-0.3, -0.25) is 19.7 Å². The molecule has 0 aliphatic carbocycles. The summed E-state index contributed by atoms with van der Waals surface area (Å²) in [7, 11) is 0.0515. The molecule has 3 aromatic carbocycles. The molecule has 44 heavy (non-hydrogen) atoms. The molecule has 0 aliphatic rings. The lowest BCUT2D eigenvalue weighted by Crippen LogP contribution is -2.37. The van der Waals surface area contributed by atoms with Crippen molar-refractivity contribution in [2.24, 2.45) is 5.73 Å². The van der Waals surface area contributed by atoms with Crippen molar-refractivity contribution in [3.05, 3.63) is 77.4 Å². The Labute approximate surface area is 253 Å². The summed E-state index contributed by atoms with van der Waals surface area (Å²) in [5, 5.41) is 17.8. The fourth-order valence-corrected chi connectivity index (χ4v) is 5.28. The van der Waals surface area contributed by atoms with Gasteiger partial charge in [0, 0.05) is 23.2 Å². The Bertz CT molecular complexity index is 1680. The van der Waals surface area contributed by atoms with Crippen LogP contribution in [0, 0.1) is 0 Å². The highest BCUT2D eigenvalue weighted by atomic mass is 32.2. The van der Waals surface area contributed by atoms with Gasteiger partial charge < -0.3 is 35.7 Å². The number of sulfone groups is 1. The first kappa shape index (κ1) is 33.2. The Balaban J connectivity index is 2.14. The average molecular weight is 629 g/mol. The van der Waals surface area contributed by atoms with E-state index in [0.29, 0.717) is 22.7 Å². The topological polar surface area (TPSA) is 212 Å². The van der Waals surface area contributed by atoms with Gasteiger partial charge in [-0.1, -0.05) is 12.1 Å². The average Bonchev–Trinajstić information content (AvgIpc) is 2.98. The molecule has 3 aromatic rings.